The maximum Gasteiger partial charge on any atom is 0.325 e. The van der Waals surface area contributed by atoms with Gasteiger partial charge in [-0.15, -0.1) is 0 Å². The first-order valence-electron chi connectivity index (χ1n) is 22.7. The fourth-order valence-corrected chi connectivity index (χ4v) is 11.7. The third kappa shape index (κ3) is 8.67. The summed E-state index contributed by atoms with van der Waals surface area (Å²) in [4.78, 5) is 39.9. The molecule has 0 aromatic heterocycles. The Hall–Kier alpha value is -4.28. The minimum atomic E-state index is -1.28. The number of carbonyl (C=O) groups is 2. The number of allylic oxidation sites excluding steroid dienone is 1. The van der Waals surface area contributed by atoms with Crippen LogP contribution in [-0.2, 0) is 37.3 Å². The van der Waals surface area contributed by atoms with Crippen LogP contribution < -0.4 is 9.47 Å². The van der Waals surface area contributed by atoms with E-state index < -0.39 is 11.3 Å². The first kappa shape index (κ1) is 45.7. The van der Waals surface area contributed by atoms with E-state index in [-0.39, 0.29) is 25.2 Å². The molecule has 330 valence electrons. The number of methoxy groups -OCH3 is 2. The second-order valence-electron chi connectivity index (χ2n) is 17.1. The van der Waals surface area contributed by atoms with Gasteiger partial charge in [0.05, 0.1) is 27.3 Å². The lowest BCUT2D eigenvalue weighted by atomic mass is 9.77. The molecule has 3 fully saturated rings. The largest absolute Gasteiger partial charge is 0.497 e. The summed E-state index contributed by atoms with van der Waals surface area (Å²) in [6.07, 6.45) is 14.1. The number of hydrogen-bond acceptors (Lipinski definition) is 4. The number of urea groups is 2. The topological polar surface area (TPSA) is 65.6 Å². The summed E-state index contributed by atoms with van der Waals surface area (Å²) in [7, 11) is 3.33. The molecule has 62 heavy (non-hydrogen) atoms. The van der Waals surface area contributed by atoms with Crippen LogP contribution in [0, 0.1) is 0 Å². The van der Waals surface area contributed by atoms with Gasteiger partial charge in [0.15, 0.2) is 11.3 Å². The van der Waals surface area contributed by atoms with Crippen molar-refractivity contribution >= 4 is 43.9 Å². The molecule has 0 radical (unpaired) electrons. The van der Waals surface area contributed by atoms with Crippen molar-refractivity contribution in [1.82, 2.24) is 19.6 Å². The summed E-state index contributed by atoms with van der Waals surface area (Å²) in [5.74, 6) is 1.49. The Morgan fingerprint density at radius 2 is 0.887 bits per heavy atom. The van der Waals surface area contributed by atoms with Gasteiger partial charge < -0.3 is 9.47 Å². The fraction of sp³-hybridized carbons (Fsp3) is 0.462. The smallest absolute Gasteiger partial charge is 0.325 e. The summed E-state index contributed by atoms with van der Waals surface area (Å²) < 4.78 is 11.1. The molecule has 10 heteroatoms. The molecule has 0 N–H and O–H groups in total. The zero-order chi connectivity index (χ0) is 43.7. The minimum absolute atomic E-state index is 0.112. The second kappa shape index (κ2) is 20.9. The summed E-state index contributed by atoms with van der Waals surface area (Å²) in [5, 5.41) is 1.27. The molecule has 0 saturated carbocycles. The SMILES string of the molecule is CCCCCCCc1ccc(C23N4CC(=C(CBr)CBr)CN2C(=O)N(Cc2ccc(OC)cc2)C3(c2ccc(CCCCCCC)cc2)N(Cc2ccc(OC)cc2)C4=O)cc1. The number of alkyl halides is 2. The monoisotopic (exact) mass is 966 g/mol. The van der Waals surface area contributed by atoms with Crippen LogP contribution in [0.2, 0.25) is 0 Å². The first-order valence-corrected chi connectivity index (χ1v) is 25.0. The maximum absolute atomic E-state index is 15.9. The molecule has 8 nitrogen and oxygen atoms in total. The Morgan fingerprint density at radius 1 is 0.516 bits per heavy atom. The Morgan fingerprint density at radius 3 is 1.26 bits per heavy atom. The lowest BCUT2D eigenvalue weighted by Crippen LogP contribution is -2.65. The molecular formula is C52H64Br2N4O4. The molecule has 4 aromatic carbocycles. The molecule has 3 heterocycles. The number of carbonyl (C=O) groups excluding carboxylic acids is 2. The van der Waals surface area contributed by atoms with Gasteiger partial charge in [-0.3, -0.25) is 19.6 Å². The van der Waals surface area contributed by atoms with Crippen LogP contribution in [0.25, 0.3) is 0 Å². The summed E-state index contributed by atoms with van der Waals surface area (Å²) in [6, 6.07) is 33.5. The molecule has 3 saturated heterocycles. The van der Waals surface area contributed by atoms with Gasteiger partial charge in [0, 0.05) is 34.9 Å². The van der Waals surface area contributed by atoms with Crippen molar-refractivity contribution in [3.05, 3.63) is 142 Å². The molecular weight excluding hydrogens is 904 g/mol. The number of amides is 4. The molecule has 7 rings (SSSR count). The van der Waals surface area contributed by atoms with Crippen molar-refractivity contribution in [2.75, 3.05) is 38.0 Å². The molecule has 0 atom stereocenters. The van der Waals surface area contributed by atoms with Crippen LogP contribution in [0.3, 0.4) is 0 Å². The van der Waals surface area contributed by atoms with Crippen molar-refractivity contribution in [3.8, 4) is 11.5 Å². The van der Waals surface area contributed by atoms with Crippen molar-refractivity contribution in [2.24, 2.45) is 0 Å². The molecule has 0 spiro atoms. The van der Waals surface area contributed by atoms with Gasteiger partial charge in [0.2, 0.25) is 0 Å². The quantitative estimate of drug-likeness (QED) is 0.0447. The number of benzene rings is 4. The van der Waals surface area contributed by atoms with Crippen LogP contribution in [-0.4, -0.2) is 69.6 Å². The number of aryl methyl sites for hydroxylation is 2. The van der Waals surface area contributed by atoms with E-state index in [0.717, 1.165) is 70.6 Å². The lowest BCUT2D eigenvalue weighted by molar-refractivity contribution is -0.0855. The van der Waals surface area contributed by atoms with Gasteiger partial charge in [-0.2, -0.15) is 0 Å². The van der Waals surface area contributed by atoms with Crippen molar-refractivity contribution in [1.29, 1.82) is 0 Å². The third-order valence-corrected chi connectivity index (χ3v) is 14.7. The highest BCUT2D eigenvalue weighted by molar-refractivity contribution is 9.10. The number of unbranched alkanes of at least 4 members (excludes halogenated alkanes) is 8. The van der Waals surface area contributed by atoms with E-state index in [1.807, 2.05) is 68.1 Å². The Bertz CT molecular complexity index is 2050. The van der Waals surface area contributed by atoms with E-state index in [0.29, 0.717) is 23.7 Å². The van der Waals surface area contributed by atoms with Crippen molar-refractivity contribution < 1.29 is 19.1 Å². The third-order valence-electron chi connectivity index (χ3n) is 13.3. The Labute approximate surface area is 386 Å². The zero-order valence-corrected chi connectivity index (χ0v) is 40.3. The first-order chi connectivity index (χ1) is 30.3. The van der Waals surface area contributed by atoms with E-state index in [2.05, 4.69) is 94.2 Å². The highest BCUT2D eigenvalue weighted by Crippen LogP contribution is 2.64. The van der Waals surface area contributed by atoms with E-state index in [9.17, 15) is 0 Å². The van der Waals surface area contributed by atoms with Gasteiger partial charge in [-0.25, -0.2) is 9.59 Å². The number of rotatable bonds is 22. The summed E-state index contributed by atoms with van der Waals surface area (Å²) in [5.41, 5.74) is 5.97. The van der Waals surface area contributed by atoms with Crippen molar-refractivity contribution in [3.63, 3.8) is 0 Å². The van der Waals surface area contributed by atoms with E-state index in [4.69, 9.17) is 9.47 Å². The van der Waals surface area contributed by atoms with Gasteiger partial charge in [0.25, 0.3) is 0 Å². The van der Waals surface area contributed by atoms with Crippen LogP contribution in [0.5, 0.6) is 11.5 Å². The zero-order valence-electron chi connectivity index (χ0n) is 37.1. The number of ether oxygens (including phenoxy) is 2. The minimum Gasteiger partial charge on any atom is -0.497 e. The highest BCUT2D eigenvalue weighted by atomic mass is 79.9. The second-order valence-corrected chi connectivity index (χ2v) is 18.3. The van der Waals surface area contributed by atoms with Gasteiger partial charge >= 0.3 is 12.1 Å². The van der Waals surface area contributed by atoms with Crippen LogP contribution >= 0.6 is 31.9 Å². The maximum atomic E-state index is 15.9. The van der Waals surface area contributed by atoms with Crippen molar-refractivity contribution in [2.45, 2.75) is 115 Å². The normalized spacial score (nSPS) is 19.4. The van der Waals surface area contributed by atoms with Crippen LogP contribution in [0.15, 0.2) is 108 Å². The highest BCUT2D eigenvalue weighted by Gasteiger charge is 2.80. The molecule has 4 amide bonds. The van der Waals surface area contributed by atoms with E-state index in [1.54, 1.807) is 14.2 Å². The summed E-state index contributed by atoms with van der Waals surface area (Å²) in [6.45, 7) is 5.84. The van der Waals surface area contributed by atoms with E-state index in [1.165, 1.54) is 62.5 Å². The van der Waals surface area contributed by atoms with Gasteiger partial charge in [-0.05, 0) is 83.3 Å². The Balaban J connectivity index is 1.46. The summed E-state index contributed by atoms with van der Waals surface area (Å²) >= 11 is 7.50. The fourth-order valence-electron chi connectivity index (χ4n) is 10.0. The van der Waals surface area contributed by atoms with Gasteiger partial charge in [0.1, 0.15) is 11.5 Å². The predicted octanol–water partition coefficient (Wildman–Crippen LogP) is 12.7. The van der Waals surface area contributed by atoms with Crippen LogP contribution in [0.1, 0.15) is 111 Å². The molecule has 4 aromatic rings. The molecule has 3 aliphatic rings. The lowest BCUT2D eigenvalue weighted by Gasteiger charge is -2.52. The molecule has 0 aliphatic carbocycles. The average molecular weight is 969 g/mol. The predicted molar refractivity (Wildman–Crippen MR) is 257 cm³/mol. The van der Waals surface area contributed by atoms with Gasteiger partial charge in [-0.1, -0.05) is 170 Å². The molecule has 0 unspecified atom stereocenters. The average Bonchev–Trinajstić information content (AvgIpc) is 3.66. The molecule has 3 aliphatic heterocycles. The Kier molecular flexibility index (Phi) is 15.4. The number of halogens is 2. The molecule has 0 bridgehead atoms. The standard InChI is InChI=1S/C52H64Br2N4O4/c1-5-7-9-11-13-15-39-17-25-45(26-18-39)51-52(46-27-19-40(20-28-46)16-14-12-10-8-6-2)57(49(59)55(51)35-41-21-29-47(61-3)30-22-41)37-44(43(33-53)34-54)38-58(52)50(60)56(51)36-42-23-31-48(62-4)32-24-42/h17-32H,5-16,33-38H2,1-4H3. The number of hydrogen-bond donors (Lipinski definition) is 0. The number of nitrogens with zero attached hydrogens (tertiary/aromatic N) is 4. The van der Waals surface area contributed by atoms with Crippen LogP contribution in [0.4, 0.5) is 9.59 Å². The van der Waals surface area contributed by atoms with E-state index >= 15 is 9.59 Å².